The van der Waals surface area contributed by atoms with E-state index in [4.69, 9.17) is 4.98 Å². The van der Waals surface area contributed by atoms with Crippen molar-refractivity contribution in [3.8, 4) is 0 Å². The summed E-state index contributed by atoms with van der Waals surface area (Å²) in [6.45, 7) is 3.80. The van der Waals surface area contributed by atoms with E-state index in [1.54, 1.807) is 17.5 Å². The monoisotopic (exact) mass is 327 g/mol. The number of para-hydroxylation sites is 1. The molecule has 1 unspecified atom stereocenters. The number of aliphatic hydroxyl groups is 1. The fraction of sp³-hybridized carbons (Fsp3) is 0.333. The molecule has 120 valence electrons. The van der Waals surface area contributed by atoms with Crippen molar-refractivity contribution in [2.24, 2.45) is 0 Å². The van der Waals surface area contributed by atoms with Crippen molar-refractivity contribution in [1.29, 1.82) is 0 Å². The van der Waals surface area contributed by atoms with Gasteiger partial charge in [0.05, 0.1) is 21.8 Å². The van der Waals surface area contributed by atoms with Gasteiger partial charge in [-0.15, -0.1) is 11.3 Å². The van der Waals surface area contributed by atoms with Gasteiger partial charge in [-0.2, -0.15) is 0 Å². The van der Waals surface area contributed by atoms with Gasteiger partial charge in [0.15, 0.2) is 0 Å². The minimum atomic E-state index is 0.157. The third-order valence-corrected chi connectivity index (χ3v) is 4.99. The zero-order chi connectivity index (χ0) is 16.1. The van der Waals surface area contributed by atoms with Crippen LogP contribution >= 0.6 is 11.3 Å². The van der Waals surface area contributed by atoms with Gasteiger partial charge < -0.3 is 5.11 Å². The van der Waals surface area contributed by atoms with E-state index in [0.29, 0.717) is 12.6 Å². The number of rotatable bonds is 7. The van der Waals surface area contributed by atoms with Gasteiger partial charge in [0, 0.05) is 37.9 Å². The molecule has 0 aliphatic carbocycles. The molecule has 23 heavy (non-hydrogen) atoms. The second-order valence-corrected chi connectivity index (χ2v) is 6.80. The lowest BCUT2D eigenvalue weighted by molar-refractivity contribution is 0.150. The topological polar surface area (TPSA) is 49.2 Å². The van der Waals surface area contributed by atoms with Crippen LogP contribution in [0.25, 0.3) is 10.2 Å². The Bertz CT molecular complexity index is 711. The van der Waals surface area contributed by atoms with E-state index >= 15 is 0 Å². The summed E-state index contributed by atoms with van der Waals surface area (Å²) in [7, 11) is 0. The lowest BCUT2D eigenvalue weighted by atomic mass is 10.1. The molecule has 1 aromatic carbocycles. The van der Waals surface area contributed by atoms with E-state index in [2.05, 4.69) is 35.0 Å². The number of hydrogen-bond acceptors (Lipinski definition) is 5. The maximum absolute atomic E-state index is 9.37. The lowest BCUT2D eigenvalue weighted by Crippen LogP contribution is -2.36. The quantitative estimate of drug-likeness (QED) is 0.724. The second-order valence-electron chi connectivity index (χ2n) is 5.68. The Kier molecular flexibility index (Phi) is 5.33. The molecule has 0 aliphatic rings. The third kappa shape index (κ3) is 4.13. The summed E-state index contributed by atoms with van der Waals surface area (Å²) in [6.07, 6.45) is 4.55. The van der Waals surface area contributed by atoms with Crippen LogP contribution in [-0.2, 0) is 13.0 Å². The summed E-state index contributed by atoms with van der Waals surface area (Å²) in [5.41, 5.74) is 2.23. The molecular weight excluding hydrogens is 306 g/mol. The largest absolute Gasteiger partial charge is 0.395 e. The van der Waals surface area contributed by atoms with E-state index < -0.39 is 0 Å². The van der Waals surface area contributed by atoms with Crippen LogP contribution in [0, 0.1) is 0 Å². The molecule has 3 rings (SSSR count). The fourth-order valence-electron chi connectivity index (χ4n) is 2.70. The molecule has 0 fully saturated rings. The van der Waals surface area contributed by atoms with Crippen molar-refractivity contribution in [3.63, 3.8) is 0 Å². The summed E-state index contributed by atoms with van der Waals surface area (Å²) >= 11 is 1.75. The number of thiazole rings is 1. The van der Waals surface area contributed by atoms with Gasteiger partial charge in [-0.05, 0) is 30.7 Å². The average molecular weight is 327 g/mol. The third-order valence-electron chi connectivity index (χ3n) is 3.93. The van der Waals surface area contributed by atoms with Crippen LogP contribution < -0.4 is 0 Å². The normalized spacial score (nSPS) is 12.8. The number of benzene rings is 1. The van der Waals surface area contributed by atoms with Crippen LogP contribution in [0.2, 0.25) is 0 Å². The van der Waals surface area contributed by atoms with Crippen LogP contribution in [-0.4, -0.2) is 39.2 Å². The molecule has 0 amide bonds. The maximum Gasteiger partial charge on any atom is 0.0954 e. The summed E-state index contributed by atoms with van der Waals surface area (Å²) in [4.78, 5) is 11.2. The Labute approximate surface area is 140 Å². The SMILES string of the molecule is CC(Cc1nc2ccccc2s1)N(CCO)Cc1cccnc1. The van der Waals surface area contributed by atoms with Gasteiger partial charge in [0.2, 0.25) is 0 Å². The van der Waals surface area contributed by atoms with Crippen molar-refractivity contribution in [2.75, 3.05) is 13.2 Å². The molecule has 1 N–H and O–H groups in total. The highest BCUT2D eigenvalue weighted by atomic mass is 32.1. The van der Waals surface area contributed by atoms with Gasteiger partial charge in [-0.1, -0.05) is 18.2 Å². The summed E-state index contributed by atoms with van der Waals surface area (Å²) in [6, 6.07) is 12.6. The highest BCUT2D eigenvalue weighted by Gasteiger charge is 2.16. The van der Waals surface area contributed by atoms with E-state index in [-0.39, 0.29) is 6.61 Å². The second kappa shape index (κ2) is 7.64. The van der Waals surface area contributed by atoms with Crippen molar-refractivity contribution in [2.45, 2.75) is 25.9 Å². The highest BCUT2D eigenvalue weighted by molar-refractivity contribution is 7.18. The van der Waals surface area contributed by atoms with Crippen LogP contribution in [0.4, 0.5) is 0 Å². The first-order valence-corrected chi connectivity index (χ1v) is 8.66. The van der Waals surface area contributed by atoms with Crippen LogP contribution in [0.3, 0.4) is 0 Å². The van der Waals surface area contributed by atoms with Gasteiger partial charge in [0.1, 0.15) is 0 Å². The van der Waals surface area contributed by atoms with Gasteiger partial charge >= 0.3 is 0 Å². The smallest absolute Gasteiger partial charge is 0.0954 e. The van der Waals surface area contributed by atoms with Crippen molar-refractivity contribution < 1.29 is 5.11 Å². The van der Waals surface area contributed by atoms with Crippen molar-refractivity contribution in [1.82, 2.24) is 14.9 Å². The predicted octanol–water partition coefficient (Wildman–Crippen LogP) is 3.12. The summed E-state index contributed by atoms with van der Waals surface area (Å²) < 4.78 is 1.23. The molecular formula is C18H21N3OS. The average Bonchev–Trinajstić information content (AvgIpc) is 2.97. The molecule has 3 aromatic rings. The minimum Gasteiger partial charge on any atom is -0.395 e. The number of fused-ring (bicyclic) bond motifs is 1. The molecule has 2 heterocycles. The number of aliphatic hydroxyl groups excluding tert-OH is 1. The molecule has 1 atom stereocenters. The van der Waals surface area contributed by atoms with E-state index in [9.17, 15) is 5.11 Å². The number of hydrogen-bond donors (Lipinski definition) is 1. The minimum absolute atomic E-state index is 0.157. The predicted molar refractivity (Wildman–Crippen MR) is 94.5 cm³/mol. The highest BCUT2D eigenvalue weighted by Crippen LogP contribution is 2.23. The fourth-order valence-corrected chi connectivity index (χ4v) is 3.79. The summed E-state index contributed by atoms with van der Waals surface area (Å²) in [5.74, 6) is 0. The molecule has 0 saturated carbocycles. The van der Waals surface area contributed by atoms with Gasteiger partial charge in [0.25, 0.3) is 0 Å². The molecule has 0 saturated heterocycles. The Morgan fingerprint density at radius 1 is 1.22 bits per heavy atom. The lowest BCUT2D eigenvalue weighted by Gasteiger charge is -2.27. The van der Waals surface area contributed by atoms with Crippen molar-refractivity contribution in [3.05, 3.63) is 59.4 Å². The van der Waals surface area contributed by atoms with Crippen molar-refractivity contribution >= 4 is 21.6 Å². The molecule has 0 bridgehead atoms. The molecule has 5 heteroatoms. The number of aromatic nitrogens is 2. The standard InChI is InChI=1S/C18H21N3OS/c1-14(11-18-20-16-6-2-3-7-17(16)23-18)21(9-10-22)13-15-5-4-8-19-12-15/h2-8,12,14,22H,9-11,13H2,1H3. The number of nitrogens with zero attached hydrogens (tertiary/aromatic N) is 3. The van der Waals surface area contributed by atoms with E-state index in [1.807, 2.05) is 24.4 Å². The first-order valence-electron chi connectivity index (χ1n) is 7.84. The first-order chi connectivity index (χ1) is 11.3. The molecule has 4 nitrogen and oxygen atoms in total. The van der Waals surface area contributed by atoms with Crippen LogP contribution in [0.15, 0.2) is 48.8 Å². The zero-order valence-electron chi connectivity index (χ0n) is 13.2. The Morgan fingerprint density at radius 3 is 2.83 bits per heavy atom. The molecule has 0 radical (unpaired) electrons. The van der Waals surface area contributed by atoms with Crippen LogP contribution in [0.5, 0.6) is 0 Å². The molecule has 2 aromatic heterocycles. The summed E-state index contributed by atoms with van der Waals surface area (Å²) in [5, 5.41) is 10.5. The van der Waals surface area contributed by atoms with Gasteiger partial charge in [-0.3, -0.25) is 9.88 Å². The van der Waals surface area contributed by atoms with E-state index in [0.717, 1.165) is 29.1 Å². The number of pyridine rings is 1. The molecule has 0 aliphatic heterocycles. The zero-order valence-corrected chi connectivity index (χ0v) is 14.0. The van der Waals surface area contributed by atoms with Gasteiger partial charge in [-0.25, -0.2) is 4.98 Å². The van der Waals surface area contributed by atoms with Crippen LogP contribution in [0.1, 0.15) is 17.5 Å². The Hall–Kier alpha value is -1.82. The van der Waals surface area contributed by atoms with E-state index in [1.165, 1.54) is 4.70 Å². The first kappa shape index (κ1) is 16.1. The Balaban J connectivity index is 1.71. The Morgan fingerprint density at radius 2 is 2.09 bits per heavy atom. The molecule has 0 spiro atoms. The maximum atomic E-state index is 9.37.